The highest BCUT2D eigenvalue weighted by Crippen LogP contribution is 2.21. The van der Waals surface area contributed by atoms with Gasteiger partial charge in [0.2, 0.25) is 10.0 Å². The van der Waals surface area contributed by atoms with Crippen molar-refractivity contribution in [3.8, 4) is 5.75 Å². The number of rotatable bonds is 7. The van der Waals surface area contributed by atoms with E-state index in [4.69, 9.17) is 4.74 Å². The topological polar surface area (TPSA) is 72.5 Å². The summed E-state index contributed by atoms with van der Waals surface area (Å²) in [6.07, 6.45) is 4.30. The molecule has 0 aliphatic rings. The fourth-order valence-corrected chi connectivity index (χ4v) is 2.72. The Morgan fingerprint density at radius 2 is 1.72 bits per heavy atom. The van der Waals surface area contributed by atoms with Gasteiger partial charge in [-0.2, -0.15) is 0 Å². The molecule has 0 aromatic heterocycles. The van der Waals surface area contributed by atoms with Gasteiger partial charge in [-0.05, 0) is 56.3 Å². The predicted octanol–water partition coefficient (Wildman–Crippen LogP) is 3.74. The van der Waals surface area contributed by atoms with Crippen LogP contribution < -0.4 is 9.46 Å². The number of ether oxygens (including phenoxy) is 1. The minimum absolute atomic E-state index is 0.0418. The van der Waals surface area contributed by atoms with Crippen LogP contribution in [0.25, 0.3) is 6.08 Å². The van der Waals surface area contributed by atoms with Crippen LogP contribution in [-0.2, 0) is 10.0 Å². The van der Waals surface area contributed by atoms with Crippen molar-refractivity contribution in [2.75, 3.05) is 11.0 Å². The van der Waals surface area contributed by atoms with Crippen LogP contribution in [0.2, 0.25) is 0 Å². The van der Waals surface area contributed by atoms with Crippen LogP contribution >= 0.6 is 0 Å². The first-order valence-corrected chi connectivity index (χ1v) is 9.70. The van der Waals surface area contributed by atoms with Gasteiger partial charge in [0.15, 0.2) is 5.78 Å². The van der Waals surface area contributed by atoms with E-state index in [-0.39, 0.29) is 11.9 Å². The van der Waals surface area contributed by atoms with Crippen molar-refractivity contribution in [3.05, 3.63) is 65.7 Å². The van der Waals surface area contributed by atoms with Crippen LogP contribution in [0.15, 0.2) is 54.6 Å². The van der Waals surface area contributed by atoms with Gasteiger partial charge in [-0.25, -0.2) is 8.42 Å². The number of carbonyl (C=O) groups is 1. The zero-order valence-electron chi connectivity index (χ0n) is 14.4. The number of hydrogen-bond donors (Lipinski definition) is 1. The Kier molecular flexibility index (Phi) is 5.98. The summed E-state index contributed by atoms with van der Waals surface area (Å²) in [5.41, 5.74) is 1.70. The van der Waals surface area contributed by atoms with Crippen LogP contribution in [0.1, 0.15) is 29.8 Å². The zero-order valence-corrected chi connectivity index (χ0v) is 15.2. The lowest BCUT2D eigenvalue weighted by molar-refractivity contribution is 0.104. The molecule has 0 heterocycles. The molecule has 0 amide bonds. The van der Waals surface area contributed by atoms with E-state index < -0.39 is 10.0 Å². The van der Waals surface area contributed by atoms with E-state index in [1.807, 2.05) is 38.1 Å². The van der Waals surface area contributed by atoms with Crippen molar-refractivity contribution in [1.82, 2.24) is 0 Å². The van der Waals surface area contributed by atoms with Gasteiger partial charge in [-0.1, -0.05) is 18.2 Å². The average Bonchev–Trinajstić information content (AvgIpc) is 2.52. The fraction of sp³-hybridized carbons (Fsp3) is 0.211. The third-order valence-electron chi connectivity index (χ3n) is 3.17. The number of ketones is 1. The number of sulfonamides is 1. The molecular weight excluding hydrogens is 338 g/mol. The first-order valence-electron chi connectivity index (χ1n) is 7.80. The minimum Gasteiger partial charge on any atom is -0.490 e. The Bertz CT molecular complexity index is 869. The van der Waals surface area contributed by atoms with Crippen molar-refractivity contribution >= 4 is 27.6 Å². The molecule has 0 aliphatic carbocycles. The molecule has 0 saturated heterocycles. The molecule has 2 aromatic rings. The second-order valence-corrected chi connectivity index (χ2v) is 7.60. The Labute approximate surface area is 148 Å². The Hall–Kier alpha value is -2.60. The number of allylic oxidation sites excluding steroid dienone is 1. The highest BCUT2D eigenvalue weighted by molar-refractivity contribution is 7.92. The van der Waals surface area contributed by atoms with E-state index in [9.17, 15) is 13.2 Å². The van der Waals surface area contributed by atoms with E-state index in [1.54, 1.807) is 30.3 Å². The fourth-order valence-electron chi connectivity index (χ4n) is 2.16. The Morgan fingerprint density at radius 1 is 1.08 bits per heavy atom. The number of anilines is 1. The number of nitrogens with one attached hydrogen (secondary N) is 1. The van der Waals surface area contributed by atoms with Crippen LogP contribution in [0, 0.1) is 0 Å². The lowest BCUT2D eigenvalue weighted by atomic mass is 10.1. The first-order chi connectivity index (χ1) is 11.7. The van der Waals surface area contributed by atoms with Crippen LogP contribution in [0.5, 0.6) is 5.75 Å². The molecule has 0 radical (unpaired) electrons. The smallest absolute Gasteiger partial charge is 0.229 e. The molecule has 0 spiro atoms. The Balaban J connectivity index is 2.13. The monoisotopic (exact) mass is 359 g/mol. The molecule has 5 nitrogen and oxygen atoms in total. The van der Waals surface area contributed by atoms with E-state index >= 15 is 0 Å². The predicted molar refractivity (Wildman–Crippen MR) is 100 cm³/mol. The molecule has 1 N–H and O–H groups in total. The van der Waals surface area contributed by atoms with Gasteiger partial charge in [-0.15, -0.1) is 0 Å². The maximum Gasteiger partial charge on any atom is 0.229 e. The molecule has 132 valence electrons. The molecule has 2 aromatic carbocycles. The molecule has 2 rings (SSSR count). The van der Waals surface area contributed by atoms with Crippen molar-refractivity contribution in [3.63, 3.8) is 0 Å². The van der Waals surface area contributed by atoms with Gasteiger partial charge < -0.3 is 4.74 Å². The van der Waals surface area contributed by atoms with E-state index in [0.717, 1.165) is 11.8 Å². The summed E-state index contributed by atoms with van der Waals surface area (Å²) in [7, 11) is -3.33. The minimum atomic E-state index is -3.33. The molecule has 6 heteroatoms. The normalized spacial score (nSPS) is 11.7. The van der Waals surface area contributed by atoms with Crippen molar-refractivity contribution in [2.45, 2.75) is 20.0 Å². The summed E-state index contributed by atoms with van der Waals surface area (Å²) < 4.78 is 30.4. The van der Waals surface area contributed by atoms with E-state index in [0.29, 0.717) is 17.0 Å². The highest BCUT2D eigenvalue weighted by Gasteiger charge is 2.06. The molecular formula is C19H21NO4S. The molecule has 25 heavy (non-hydrogen) atoms. The van der Waals surface area contributed by atoms with Gasteiger partial charge in [0.05, 0.1) is 12.4 Å². The summed E-state index contributed by atoms with van der Waals surface area (Å²) in [6, 6.07) is 13.8. The molecule has 0 aliphatic heterocycles. The number of carbonyl (C=O) groups excluding carboxylic acids is 1. The maximum absolute atomic E-state index is 12.3. The van der Waals surface area contributed by atoms with Crippen LogP contribution in [-0.4, -0.2) is 26.6 Å². The second-order valence-electron chi connectivity index (χ2n) is 5.85. The van der Waals surface area contributed by atoms with Gasteiger partial charge in [0.25, 0.3) is 0 Å². The molecule has 0 bridgehead atoms. The van der Waals surface area contributed by atoms with Gasteiger partial charge in [0, 0.05) is 16.8 Å². The molecule has 0 saturated carbocycles. The lowest BCUT2D eigenvalue weighted by Gasteiger charge is -2.11. The second kappa shape index (κ2) is 7.98. The summed E-state index contributed by atoms with van der Waals surface area (Å²) in [5, 5.41) is 0. The highest BCUT2D eigenvalue weighted by atomic mass is 32.2. The van der Waals surface area contributed by atoms with E-state index in [1.165, 1.54) is 6.08 Å². The average molecular weight is 359 g/mol. The van der Waals surface area contributed by atoms with Crippen molar-refractivity contribution in [2.24, 2.45) is 0 Å². The first kappa shape index (κ1) is 18.7. The standard InChI is InChI=1S/C19H21NO4S/c1-14(2)24-19-7-5-4-6-16(19)10-13-18(21)15-8-11-17(12-9-15)20-25(3,22)23/h4-14,20H,1-3H3/b13-10+. The zero-order chi connectivity index (χ0) is 18.4. The van der Waals surface area contributed by atoms with Gasteiger partial charge in [0.1, 0.15) is 5.75 Å². The van der Waals surface area contributed by atoms with Crippen molar-refractivity contribution < 1.29 is 17.9 Å². The third kappa shape index (κ3) is 6.08. The lowest BCUT2D eigenvalue weighted by Crippen LogP contribution is -2.09. The van der Waals surface area contributed by atoms with Crippen LogP contribution in [0.3, 0.4) is 0 Å². The largest absolute Gasteiger partial charge is 0.490 e. The molecule has 0 atom stereocenters. The van der Waals surface area contributed by atoms with Crippen molar-refractivity contribution in [1.29, 1.82) is 0 Å². The third-order valence-corrected chi connectivity index (χ3v) is 3.78. The van der Waals surface area contributed by atoms with E-state index in [2.05, 4.69) is 4.72 Å². The SMILES string of the molecule is CC(C)Oc1ccccc1/C=C/C(=O)c1ccc(NS(C)(=O)=O)cc1. The summed E-state index contributed by atoms with van der Waals surface area (Å²) in [5.74, 6) is 0.541. The summed E-state index contributed by atoms with van der Waals surface area (Å²) in [6.45, 7) is 3.88. The number of benzene rings is 2. The van der Waals surface area contributed by atoms with Gasteiger partial charge >= 0.3 is 0 Å². The van der Waals surface area contributed by atoms with Crippen LogP contribution in [0.4, 0.5) is 5.69 Å². The Morgan fingerprint density at radius 3 is 2.32 bits per heavy atom. The summed E-state index contributed by atoms with van der Waals surface area (Å²) >= 11 is 0. The van der Waals surface area contributed by atoms with Gasteiger partial charge in [-0.3, -0.25) is 9.52 Å². The summed E-state index contributed by atoms with van der Waals surface area (Å²) in [4.78, 5) is 12.3. The number of para-hydroxylation sites is 1. The molecule has 0 unspecified atom stereocenters. The maximum atomic E-state index is 12.3. The number of hydrogen-bond acceptors (Lipinski definition) is 4. The quantitative estimate of drug-likeness (QED) is 0.604. The molecule has 0 fully saturated rings.